The molecule has 2 N–H and O–H groups in total. The third kappa shape index (κ3) is 6.56. The average molecular weight is 259 g/mol. The molecule has 0 aliphatic rings. The van der Waals surface area contributed by atoms with Crippen LogP contribution in [0.2, 0.25) is 0 Å². The molecule has 12 heavy (non-hydrogen) atoms. The second-order valence-corrected chi connectivity index (χ2v) is 5.21. The smallest absolute Gasteiger partial charge is 0.221 e. The number of sulfonamides is 1. The van der Waals surface area contributed by atoms with E-state index in [-0.39, 0.29) is 17.1 Å². The van der Waals surface area contributed by atoms with Gasteiger partial charge in [0.1, 0.15) is 4.66 Å². The molecule has 0 fully saturated rings. The van der Waals surface area contributed by atoms with Crippen molar-refractivity contribution in [3.8, 4) is 0 Å². The van der Waals surface area contributed by atoms with Crippen molar-refractivity contribution >= 4 is 31.9 Å². The van der Waals surface area contributed by atoms with Crippen LogP contribution in [0.3, 0.4) is 0 Å². The molecule has 72 valence electrons. The molecule has 0 aliphatic carbocycles. The highest BCUT2D eigenvalue weighted by Gasteiger charge is 2.05. The molecule has 0 unspecified atom stereocenters. The zero-order chi connectivity index (χ0) is 9.61. The van der Waals surface area contributed by atoms with Crippen molar-refractivity contribution in [1.29, 1.82) is 0 Å². The molecule has 0 aliphatic heterocycles. The van der Waals surface area contributed by atoms with Gasteiger partial charge in [-0.15, -0.1) is 0 Å². The Bertz CT molecular complexity index is 239. The third-order valence-corrected chi connectivity index (χ3v) is 3.70. The highest BCUT2D eigenvalue weighted by Crippen LogP contribution is 1.88. The summed E-state index contributed by atoms with van der Waals surface area (Å²) in [4.78, 5) is 10.3. The van der Waals surface area contributed by atoms with E-state index in [1.165, 1.54) is 6.92 Å². The summed E-state index contributed by atoms with van der Waals surface area (Å²) in [5.41, 5.74) is 0. The number of halogens is 1. The van der Waals surface area contributed by atoms with Crippen LogP contribution in [0.4, 0.5) is 0 Å². The van der Waals surface area contributed by atoms with Gasteiger partial charge in [-0.2, -0.15) is 0 Å². The predicted molar refractivity (Wildman–Crippen MR) is 49.4 cm³/mol. The Morgan fingerprint density at radius 3 is 2.42 bits per heavy atom. The third-order valence-electron chi connectivity index (χ3n) is 0.965. The molecule has 0 spiro atoms. The lowest BCUT2D eigenvalue weighted by Gasteiger charge is -2.03. The Morgan fingerprint density at radius 1 is 1.42 bits per heavy atom. The van der Waals surface area contributed by atoms with Crippen LogP contribution >= 0.6 is 15.9 Å². The first-order valence-corrected chi connectivity index (χ1v) is 6.03. The second-order valence-electron chi connectivity index (χ2n) is 2.10. The summed E-state index contributed by atoms with van der Waals surface area (Å²) in [7, 11) is -3.20. The van der Waals surface area contributed by atoms with Crippen LogP contribution in [0.15, 0.2) is 0 Å². The van der Waals surface area contributed by atoms with Crippen LogP contribution in [-0.4, -0.2) is 32.1 Å². The molecule has 0 radical (unpaired) electrons. The van der Waals surface area contributed by atoms with Gasteiger partial charge in [-0.05, 0) is 0 Å². The highest BCUT2D eigenvalue weighted by molar-refractivity contribution is 9.10. The maximum Gasteiger partial charge on any atom is 0.221 e. The Kier molecular flexibility index (Phi) is 5.43. The van der Waals surface area contributed by atoms with E-state index in [1.807, 2.05) is 0 Å². The fourth-order valence-corrected chi connectivity index (χ4v) is 1.46. The highest BCUT2D eigenvalue weighted by atomic mass is 79.9. The van der Waals surface area contributed by atoms with Crippen molar-refractivity contribution in [2.45, 2.75) is 6.92 Å². The van der Waals surface area contributed by atoms with Gasteiger partial charge in [0.25, 0.3) is 0 Å². The summed E-state index contributed by atoms with van der Waals surface area (Å²) in [5, 5.41) is 2.46. The summed E-state index contributed by atoms with van der Waals surface area (Å²) in [6, 6.07) is 0. The zero-order valence-corrected chi connectivity index (χ0v) is 9.03. The van der Waals surface area contributed by atoms with Gasteiger partial charge in [0, 0.05) is 20.0 Å². The van der Waals surface area contributed by atoms with Gasteiger partial charge in [-0.1, -0.05) is 15.9 Å². The van der Waals surface area contributed by atoms with E-state index in [0.29, 0.717) is 6.54 Å². The van der Waals surface area contributed by atoms with Crippen molar-refractivity contribution < 1.29 is 13.2 Å². The fraction of sp³-hybridized carbons (Fsp3) is 0.800. The minimum atomic E-state index is -3.20. The first-order valence-electron chi connectivity index (χ1n) is 3.25. The number of hydrogen-bond acceptors (Lipinski definition) is 3. The molecule has 0 aromatic heterocycles. The standard InChI is InChI=1S/C5H11BrN2O3S/c1-5(9)7-2-3-8-12(10,11)4-6/h8H,2-4H2,1H3,(H,7,9). The minimum absolute atomic E-state index is 0.125. The molecule has 0 aromatic rings. The zero-order valence-electron chi connectivity index (χ0n) is 6.63. The van der Waals surface area contributed by atoms with Gasteiger partial charge in [-0.25, -0.2) is 13.1 Å². The summed E-state index contributed by atoms with van der Waals surface area (Å²) < 4.78 is 23.7. The van der Waals surface area contributed by atoms with E-state index < -0.39 is 10.0 Å². The van der Waals surface area contributed by atoms with Crippen LogP contribution in [-0.2, 0) is 14.8 Å². The summed E-state index contributed by atoms with van der Waals surface area (Å²) >= 11 is 2.81. The van der Waals surface area contributed by atoms with Crippen molar-refractivity contribution in [3.63, 3.8) is 0 Å². The van der Waals surface area contributed by atoms with E-state index in [4.69, 9.17) is 0 Å². The van der Waals surface area contributed by atoms with E-state index in [9.17, 15) is 13.2 Å². The van der Waals surface area contributed by atoms with Crippen LogP contribution in [0, 0.1) is 0 Å². The number of carbonyl (C=O) groups excluding carboxylic acids is 1. The molecule has 1 amide bonds. The van der Waals surface area contributed by atoms with Gasteiger partial charge in [-0.3, -0.25) is 4.79 Å². The largest absolute Gasteiger partial charge is 0.355 e. The molecule has 7 heteroatoms. The van der Waals surface area contributed by atoms with Gasteiger partial charge in [0.15, 0.2) is 0 Å². The Balaban J connectivity index is 3.51. The second kappa shape index (κ2) is 5.50. The number of carbonyl (C=O) groups is 1. The lowest BCUT2D eigenvalue weighted by Crippen LogP contribution is -2.33. The van der Waals surface area contributed by atoms with Crippen LogP contribution in [0.25, 0.3) is 0 Å². The maximum atomic E-state index is 10.8. The average Bonchev–Trinajstić information content (AvgIpc) is 1.98. The summed E-state index contributed by atoms with van der Waals surface area (Å²) in [6.45, 7) is 1.90. The summed E-state index contributed by atoms with van der Waals surface area (Å²) in [5.74, 6) is -0.173. The number of rotatable bonds is 5. The first-order chi connectivity index (χ1) is 5.48. The Hall–Kier alpha value is -0.140. The van der Waals surface area contributed by atoms with Crippen molar-refractivity contribution in [3.05, 3.63) is 0 Å². The predicted octanol–water partition coefficient (Wildman–Crippen LogP) is -0.606. The van der Waals surface area contributed by atoms with Gasteiger partial charge >= 0.3 is 0 Å². The number of hydrogen-bond donors (Lipinski definition) is 2. The minimum Gasteiger partial charge on any atom is -0.355 e. The van der Waals surface area contributed by atoms with Gasteiger partial charge < -0.3 is 5.32 Å². The molecule has 0 saturated carbocycles. The molecule has 0 aromatic carbocycles. The summed E-state index contributed by atoms with van der Waals surface area (Å²) in [6.07, 6.45) is 0. The first kappa shape index (κ1) is 11.9. The molecule has 0 heterocycles. The van der Waals surface area contributed by atoms with Crippen LogP contribution in [0.5, 0.6) is 0 Å². The van der Waals surface area contributed by atoms with Gasteiger partial charge in [0.2, 0.25) is 15.9 Å². The lowest BCUT2D eigenvalue weighted by atomic mass is 10.6. The molecular formula is C5H11BrN2O3S. The SMILES string of the molecule is CC(=O)NCCNS(=O)(=O)CBr. The molecule has 0 atom stereocenters. The van der Waals surface area contributed by atoms with Crippen LogP contribution in [0.1, 0.15) is 6.92 Å². The van der Waals surface area contributed by atoms with E-state index in [1.54, 1.807) is 0 Å². The molecule has 0 rings (SSSR count). The van der Waals surface area contributed by atoms with Crippen molar-refractivity contribution in [2.24, 2.45) is 0 Å². The molecule has 0 bridgehead atoms. The molecular weight excluding hydrogens is 248 g/mol. The van der Waals surface area contributed by atoms with Crippen molar-refractivity contribution in [1.82, 2.24) is 10.0 Å². The molecule has 0 saturated heterocycles. The number of nitrogens with one attached hydrogen (secondary N) is 2. The number of alkyl halides is 1. The quantitative estimate of drug-likeness (QED) is 0.511. The molecule has 5 nitrogen and oxygen atoms in total. The van der Waals surface area contributed by atoms with Crippen molar-refractivity contribution in [2.75, 3.05) is 17.8 Å². The normalized spacial score (nSPS) is 11.2. The van der Waals surface area contributed by atoms with E-state index in [0.717, 1.165) is 0 Å². The Morgan fingerprint density at radius 2 is 2.00 bits per heavy atom. The van der Waals surface area contributed by atoms with E-state index in [2.05, 4.69) is 26.0 Å². The fourth-order valence-electron chi connectivity index (χ4n) is 0.484. The number of amides is 1. The maximum absolute atomic E-state index is 10.8. The van der Waals surface area contributed by atoms with Gasteiger partial charge in [0.05, 0.1) is 0 Å². The lowest BCUT2D eigenvalue weighted by molar-refractivity contribution is -0.118. The Labute approximate surface area is 80.1 Å². The monoisotopic (exact) mass is 258 g/mol. The van der Waals surface area contributed by atoms with Crippen LogP contribution < -0.4 is 10.0 Å². The van der Waals surface area contributed by atoms with E-state index >= 15 is 0 Å². The topological polar surface area (TPSA) is 75.3 Å².